The molecule has 32 heavy (non-hydrogen) atoms. The van der Waals surface area contributed by atoms with Crippen LogP contribution in [0, 0.1) is 6.92 Å². The normalized spacial score (nSPS) is 12.0. The molecule has 2 aromatic carbocycles. The largest absolute Gasteiger partial charge is 0.483 e. The number of aryl methyl sites for hydroxylation is 1. The second kappa shape index (κ2) is 10.5. The van der Waals surface area contributed by atoms with Crippen LogP contribution in [-0.2, 0) is 12.3 Å². The summed E-state index contributed by atoms with van der Waals surface area (Å²) in [4.78, 5) is 4.81. The van der Waals surface area contributed by atoms with Gasteiger partial charge in [-0.05, 0) is 44.2 Å². The summed E-state index contributed by atoms with van der Waals surface area (Å²) in [5.74, 6) is 2.28. The van der Waals surface area contributed by atoms with Gasteiger partial charge in [0.25, 0.3) is 0 Å². The van der Waals surface area contributed by atoms with Crippen LogP contribution < -0.4 is 4.74 Å². The van der Waals surface area contributed by atoms with Crippen LogP contribution >= 0.6 is 39.0 Å². The van der Waals surface area contributed by atoms with E-state index in [1.807, 2.05) is 37.3 Å². The molecule has 4 aromatic rings. The van der Waals surface area contributed by atoms with Crippen LogP contribution in [0.3, 0.4) is 0 Å². The summed E-state index contributed by atoms with van der Waals surface area (Å²) < 4.78 is 9.15. The van der Waals surface area contributed by atoms with Gasteiger partial charge >= 0.3 is 0 Å². The molecule has 0 saturated carbocycles. The highest BCUT2D eigenvalue weighted by Crippen LogP contribution is 2.30. The molecule has 164 valence electrons. The first kappa shape index (κ1) is 22.8. The fourth-order valence-electron chi connectivity index (χ4n) is 3.20. The number of aromatic nitrogens is 4. The fraction of sp³-hybridized carbons (Fsp3) is 0.208. The zero-order valence-electron chi connectivity index (χ0n) is 17.9. The van der Waals surface area contributed by atoms with Gasteiger partial charge in [-0.15, -0.1) is 28.1 Å². The van der Waals surface area contributed by atoms with Crippen LogP contribution in [0.25, 0.3) is 10.6 Å². The highest BCUT2D eigenvalue weighted by molar-refractivity contribution is 9.10. The number of hydrogen-bond acceptors (Lipinski definition) is 6. The Hall–Kier alpha value is -2.42. The molecule has 0 bridgehead atoms. The van der Waals surface area contributed by atoms with Gasteiger partial charge in [-0.25, -0.2) is 4.98 Å². The van der Waals surface area contributed by atoms with Crippen molar-refractivity contribution in [2.45, 2.75) is 37.4 Å². The van der Waals surface area contributed by atoms with Crippen molar-refractivity contribution in [2.24, 2.45) is 0 Å². The Morgan fingerprint density at radius 3 is 2.78 bits per heavy atom. The van der Waals surface area contributed by atoms with E-state index in [0.717, 1.165) is 43.2 Å². The molecule has 5 nitrogen and oxygen atoms in total. The number of rotatable bonds is 9. The number of thioether (sulfide) groups is 1. The van der Waals surface area contributed by atoms with Gasteiger partial charge in [0.05, 0.1) is 5.69 Å². The van der Waals surface area contributed by atoms with Crippen molar-refractivity contribution in [1.29, 1.82) is 0 Å². The van der Waals surface area contributed by atoms with Gasteiger partial charge in [-0.3, -0.25) is 4.57 Å². The average molecular weight is 528 g/mol. The minimum absolute atomic E-state index is 0.245. The molecule has 0 saturated heterocycles. The van der Waals surface area contributed by atoms with Gasteiger partial charge in [0.1, 0.15) is 10.8 Å². The summed E-state index contributed by atoms with van der Waals surface area (Å²) in [6.45, 7) is 8.58. The minimum atomic E-state index is -0.245. The van der Waals surface area contributed by atoms with E-state index in [-0.39, 0.29) is 6.10 Å². The van der Waals surface area contributed by atoms with E-state index in [1.54, 1.807) is 23.1 Å². The Bertz CT molecular complexity index is 1200. The Morgan fingerprint density at radius 1 is 1.22 bits per heavy atom. The van der Waals surface area contributed by atoms with Crippen molar-refractivity contribution in [3.63, 3.8) is 0 Å². The molecular weight excluding hydrogens is 504 g/mol. The lowest BCUT2D eigenvalue weighted by molar-refractivity contribution is 0.210. The van der Waals surface area contributed by atoms with E-state index in [2.05, 4.69) is 73.8 Å². The Morgan fingerprint density at radius 2 is 2.03 bits per heavy atom. The molecule has 4 rings (SSSR count). The maximum Gasteiger partial charge on any atom is 0.192 e. The first-order chi connectivity index (χ1) is 15.5. The molecule has 2 aromatic heterocycles. The Labute approximate surface area is 204 Å². The number of thiazole rings is 1. The number of nitrogens with zero attached hydrogens (tertiary/aromatic N) is 4. The molecule has 0 fully saturated rings. The molecule has 8 heteroatoms. The van der Waals surface area contributed by atoms with Crippen molar-refractivity contribution < 1.29 is 4.74 Å². The van der Waals surface area contributed by atoms with Gasteiger partial charge in [-0.1, -0.05) is 57.5 Å². The van der Waals surface area contributed by atoms with Crippen molar-refractivity contribution in [2.75, 3.05) is 0 Å². The molecule has 0 aliphatic heterocycles. The predicted octanol–water partition coefficient (Wildman–Crippen LogP) is 7.09. The van der Waals surface area contributed by atoms with Gasteiger partial charge in [-0.2, -0.15) is 0 Å². The minimum Gasteiger partial charge on any atom is -0.483 e. The summed E-state index contributed by atoms with van der Waals surface area (Å²) in [5, 5.41) is 12.8. The summed E-state index contributed by atoms with van der Waals surface area (Å²) in [6.07, 6.45) is 1.60. The maximum atomic E-state index is 6.08. The molecular formula is C24H23BrN4OS2. The highest BCUT2D eigenvalue weighted by atomic mass is 79.9. The first-order valence-corrected chi connectivity index (χ1v) is 12.8. The van der Waals surface area contributed by atoms with Crippen molar-refractivity contribution >= 4 is 39.0 Å². The first-order valence-electron chi connectivity index (χ1n) is 10.1. The van der Waals surface area contributed by atoms with Crippen LogP contribution in [0.5, 0.6) is 5.75 Å². The number of ether oxygens (including phenoxy) is 1. The quantitative estimate of drug-likeness (QED) is 0.172. The van der Waals surface area contributed by atoms with Crippen molar-refractivity contribution in [3.8, 4) is 16.3 Å². The summed E-state index contributed by atoms with van der Waals surface area (Å²) >= 11 is 6.73. The van der Waals surface area contributed by atoms with Gasteiger partial charge in [0.15, 0.2) is 17.1 Å². The molecule has 0 aliphatic carbocycles. The van der Waals surface area contributed by atoms with E-state index >= 15 is 0 Å². The van der Waals surface area contributed by atoms with Crippen LogP contribution in [-0.4, -0.2) is 19.7 Å². The number of benzene rings is 2. The summed E-state index contributed by atoms with van der Waals surface area (Å²) in [7, 11) is 0. The molecule has 0 aliphatic rings. The molecule has 1 unspecified atom stereocenters. The average Bonchev–Trinajstić information content (AvgIpc) is 3.41. The molecule has 0 amide bonds. The third-order valence-electron chi connectivity index (χ3n) is 4.71. The zero-order valence-corrected chi connectivity index (χ0v) is 21.1. The van der Waals surface area contributed by atoms with E-state index in [1.165, 1.54) is 5.56 Å². The lowest BCUT2D eigenvalue weighted by Gasteiger charge is -2.15. The van der Waals surface area contributed by atoms with E-state index in [9.17, 15) is 0 Å². The summed E-state index contributed by atoms with van der Waals surface area (Å²) in [6, 6.07) is 16.2. The Balaban J connectivity index is 1.46. The topological polar surface area (TPSA) is 52.8 Å². The van der Waals surface area contributed by atoms with Gasteiger partial charge in [0.2, 0.25) is 0 Å². The van der Waals surface area contributed by atoms with E-state index in [4.69, 9.17) is 9.72 Å². The molecule has 0 spiro atoms. The molecule has 0 radical (unpaired) electrons. The highest BCUT2D eigenvalue weighted by Gasteiger charge is 2.19. The smallest absolute Gasteiger partial charge is 0.192 e. The number of halogens is 1. The number of allylic oxidation sites excluding steroid dienone is 1. The second-order valence-electron chi connectivity index (χ2n) is 7.26. The fourth-order valence-corrected chi connectivity index (χ4v) is 5.23. The molecule has 0 N–H and O–H groups in total. The SMILES string of the molecule is C=CCn1c(SCc2csc(-c3cccc(C)c3)n2)nnc1C(C)Oc1ccc(Br)cc1. The zero-order chi connectivity index (χ0) is 22.5. The van der Waals surface area contributed by atoms with Crippen LogP contribution in [0.2, 0.25) is 0 Å². The number of hydrogen-bond donors (Lipinski definition) is 0. The summed E-state index contributed by atoms with van der Waals surface area (Å²) in [5.41, 5.74) is 3.42. The van der Waals surface area contributed by atoms with E-state index in [0.29, 0.717) is 6.54 Å². The van der Waals surface area contributed by atoms with Crippen molar-refractivity contribution in [1.82, 2.24) is 19.7 Å². The van der Waals surface area contributed by atoms with Crippen LogP contribution in [0.4, 0.5) is 0 Å². The van der Waals surface area contributed by atoms with Gasteiger partial charge < -0.3 is 4.74 Å². The monoisotopic (exact) mass is 526 g/mol. The lowest BCUT2D eigenvalue weighted by Crippen LogP contribution is -2.12. The Kier molecular flexibility index (Phi) is 7.44. The standard InChI is InChI=1S/C24H23BrN4OS2/c1-4-12-29-22(17(3)30-21-10-8-19(25)9-11-21)27-28-24(29)32-15-20-14-31-23(26-20)18-7-5-6-16(2)13-18/h4-11,13-14,17H,1,12,15H2,2-3H3. The van der Waals surface area contributed by atoms with Gasteiger partial charge in [0, 0.05) is 27.7 Å². The van der Waals surface area contributed by atoms with Crippen LogP contribution in [0.15, 0.2) is 76.2 Å². The lowest BCUT2D eigenvalue weighted by atomic mass is 10.1. The van der Waals surface area contributed by atoms with Crippen LogP contribution in [0.1, 0.15) is 30.1 Å². The maximum absolute atomic E-state index is 6.08. The molecule has 2 heterocycles. The molecule has 1 atom stereocenters. The third-order valence-corrected chi connectivity index (χ3v) is 7.18. The predicted molar refractivity (Wildman–Crippen MR) is 135 cm³/mol. The van der Waals surface area contributed by atoms with Crippen molar-refractivity contribution in [3.05, 3.63) is 88.1 Å². The second-order valence-corrected chi connectivity index (χ2v) is 9.97. The third kappa shape index (κ3) is 5.49. The van der Waals surface area contributed by atoms with E-state index < -0.39 is 0 Å².